The predicted molar refractivity (Wildman–Crippen MR) is 128 cm³/mol. The van der Waals surface area contributed by atoms with Crippen molar-refractivity contribution in [2.45, 2.75) is 44.2 Å². The second-order valence-corrected chi connectivity index (χ2v) is 9.80. The van der Waals surface area contributed by atoms with Crippen LogP contribution in [0.3, 0.4) is 0 Å². The van der Waals surface area contributed by atoms with Gasteiger partial charge in [0.1, 0.15) is 5.82 Å². The predicted octanol–water partition coefficient (Wildman–Crippen LogP) is 4.72. The van der Waals surface area contributed by atoms with Crippen LogP contribution in [0.2, 0.25) is 0 Å². The summed E-state index contributed by atoms with van der Waals surface area (Å²) in [7, 11) is 0. The van der Waals surface area contributed by atoms with E-state index in [1.54, 1.807) is 30.6 Å². The maximum Gasteiger partial charge on any atom is 0.254 e. The summed E-state index contributed by atoms with van der Waals surface area (Å²) in [6.07, 6.45) is 5.58. The number of carbonyl (C=O) groups is 1. The Morgan fingerprint density at radius 3 is 2.44 bits per heavy atom. The topological polar surface area (TPSA) is 58.6 Å². The van der Waals surface area contributed by atoms with Crippen molar-refractivity contribution in [1.29, 1.82) is 0 Å². The second kappa shape index (κ2) is 7.87. The normalized spacial score (nSPS) is 22.7. The third kappa shape index (κ3) is 3.38. The highest BCUT2D eigenvalue weighted by atomic mass is 19.1. The third-order valence-corrected chi connectivity index (χ3v) is 7.39. The van der Waals surface area contributed by atoms with Crippen LogP contribution in [0.15, 0.2) is 54.9 Å². The van der Waals surface area contributed by atoms with Gasteiger partial charge in [-0.15, -0.1) is 0 Å². The van der Waals surface area contributed by atoms with E-state index in [-0.39, 0.29) is 29.2 Å². The monoisotopic (exact) mass is 458 g/mol. The molecule has 2 fully saturated rings. The van der Waals surface area contributed by atoms with Crippen LogP contribution in [0.4, 0.5) is 16.0 Å². The maximum absolute atomic E-state index is 14.2. The Balaban J connectivity index is 1.34. The van der Waals surface area contributed by atoms with E-state index in [1.165, 1.54) is 11.6 Å². The Morgan fingerprint density at radius 1 is 1.06 bits per heavy atom. The molecule has 1 aromatic heterocycles. The molecule has 1 spiro atoms. The van der Waals surface area contributed by atoms with Gasteiger partial charge >= 0.3 is 0 Å². The smallest absolute Gasteiger partial charge is 0.254 e. The largest absolute Gasteiger partial charge is 0.377 e. The summed E-state index contributed by atoms with van der Waals surface area (Å²) in [6, 6.07) is 12.8. The molecule has 34 heavy (non-hydrogen) atoms. The lowest BCUT2D eigenvalue weighted by atomic mass is 9.97. The van der Waals surface area contributed by atoms with Gasteiger partial charge in [0, 0.05) is 46.7 Å². The number of amides is 1. The van der Waals surface area contributed by atoms with Crippen molar-refractivity contribution < 1.29 is 13.9 Å². The SMILES string of the molecule is CC1COCC(C)N1C(=O)c1ccc2c(c1)N(c1ncc(-c3ccccc3F)cn1)CC21CC1. The van der Waals surface area contributed by atoms with E-state index in [4.69, 9.17) is 4.74 Å². The number of aromatic nitrogens is 2. The first kappa shape index (κ1) is 21.2. The van der Waals surface area contributed by atoms with Crippen molar-refractivity contribution in [2.24, 2.45) is 0 Å². The lowest BCUT2D eigenvalue weighted by molar-refractivity contribution is -0.0249. The minimum atomic E-state index is -0.294. The summed E-state index contributed by atoms with van der Waals surface area (Å²) in [5.41, 5.74) is 4.16. The fraction of sp³-hybridized carbons (Fsp3) is 0.370. The molecule has 1 aliphatic carbocycles. The summed E-state index contributed by atoms with van der Waals surface area (Å²) in [6.45, 7) is 5.95. The number of nitrogens with zero attached hydrogens (tertiary/aromatic N) is 4. The molecule has 3 aliphatic rings. The quantitative estimate of drug-likeness (QED) is 0.569. The fourth-order valence-electron chi connectivity index (χ4n) is 5.41. The zero-order valence-corrected chi connectivity index (χ0v) is 19.4. The van der Waals surface area contributed by atoms with Crippen molar-refractivity contribution in [3.8, 4) is 11.1 Å². The summed E-state index contributed by atoms with van der Waals surface area (Å²) < 4.78 is 19.8. The first-order chi connectivity index (χ1) is 16.5. The molecule has 3 aromatic rings. The molecule has 3 heterocycles. The van der Waals surface area contributed by atoms with Crippen LogP contribution in [0.25, 0.3) is 11.1 Å². The van der Waals surface area contributed by atoms with Crippen molar-refractivity contribution in [3.05, 3.63) is 71.8 Å². The number of benzene rings is 2. The van der Waals surface area contributed by atoms with Gasteiger partial charge in [0.05, 0.1) is 25.3 Å². The Labute approximate surface area is 198 Å². The highest BCUT2D eigenvalue weighted by molar-refractivity contribution is 5.96. The van der Waals surface area contributed by atoms with E-state index >= 15 is 0 Å². The molecule has 2 aliphatic heterocycles. The number of carbonyl (C=O) groups excluding carboxylic acids is 1. The van der Waals surface area contributed by atoms with E-state index < -0.39 is 0 Å². The minimum absolute atomic E-state index is 0.0265. The van der Waals surface area contributed by atoms with Crippen LogP contribution in [-0.2, 0) is 10.2 Å². The van der Waals surface area contributed by atoms with Crippen molar-refractivity contribution in [3.63, 3.8) is 0 Å². The van der Waals surface area contributed by atoms with Crippen LogP contribution in [-0.4, -0.2) is 52.6 Å². The van der Waals surface area contributed by atoms with E-state index in [0.29, 0.717) is 35.9 Å². The summed E-state index contributed by atoms with van der Waals surface area (Å²) in [5.74, 6) is 0.304. The van der Waals surface area contributed by atoms with E-state index in [2.05, 4.69) is 20.9 Å². The molecule has 2 aromatic carbocycles. The average molecular weight is 459 g/mol. The van der Waals surface area contributed by atoms with Gasteiger partial charge in [-0.25, -0.2) is 14.4 Å². The highest BCUT2D eigenvalue weighted by Crippen LogP contribution is 2.57. The Kier molecular flexibility index (Phi) is 4.92. The van der Waals surface area contributed by atoms with Gasteiger partial charge in [-0.05, 0) is 50.5 Å². The fourth-order valence-corrected chi connectivity index (χ4v) is 5.41. The summed E-state index contributed by atoms with van der Waals surface area (Å²) >= 11 is 0. The molecular formula is C27H27FN4O2. The van der Waals surface area contributed by atoms with E-state index in [0.717, 1.165) is 25.1 Å². The average Bonchev–Trinajstić information content (AvgIpc) is 3.55. The minimum Gasteiger partial charge on any atom is -0.377 e. The molecular weight excluding hydrogens is 431 g/mol. The summed E-state index contributed by atoms with van der Waals surface area (Å²) in [4.78, 5) is 26.7. The van der Waals surface area contributed by atoms with Gasteiger partial charge in [-0.3, -0.25) is 4.79 Å². The molecule has 0 N–H and O–H groups in total. The molecule has 7 heteroatoms. The Hall–Kier alpha value is -3.32. The molecule has 1 saturated heterocycles. The van der Waals surface area contributed by atoms with E-state index in [1.807, 2.05) is 30.9 Å². The number of halogens is 1. The number of anilines is 2. The van der Waals surface area contributed by atoms with Crippen LogP contribution >= 0.6 is 0 Å². The van der Waals surface area contributed by atoms with Gasteiger partial charge in [-0.1, -0.05) is 24.3 Å². The van der Waals surface area contributed by atoms with Crippen molar-refractivity contribution in [2.75, 3.05) is 24.7 Å². The van der Waals surface area contributed by atoms with Crippen LogP contribution in [0, 0.1) is 5.82 Å². The Bertz CT molecular complexity index is 1250. The highest BCUT2D eigenvalue weighted by Gasteiger charge is 2.52. The number of morpholine rings is 1. The van der Waals surface area contributed by atoms with Crippen LogP contribution < -0.4 is 4.90 Å². The first-order valence-electron chi connectivity index (χ1n) is 11.9. The molecule has 0 bridgehead atoms. The third-order valence-electron chi connectivity index (χ3n) is 7.39. The Morgan fingerprint density at radius 2 is 1.76 bits per heavy atom. The van der Waals surface area contributed by atoms with Gasteiger partial charge in [0.15, 0.2) is 0 Å². The molecule has 1 amide bonds. The molecule has 1 saturated carbocycles. The molecule has 174 valence electrons. The second-order valence-electron chi connectivity index (χ2n) is 9.80. The van der Waals surface area contributed by atoms with Crippen molar-refractivity contribution >= 4 is 17.5 Å². The number of ether oxygens (including phenoxy) is 1. The number of hydrogen-bond acceptors (Lipinski definition) is 5. The van der Waals surface area contributed by atoms with E-state index in [9.17, 15) is 9.18 Å². The van der Waals surface area contributed by atoms with Crippen LogP contribution in [0.5, 0.6) is 0 Å². The lowest BCUT2D eigenvalue weighted by Gasteiger charge is -2.39. The van der Waals surface area contributed by atoms with Crippen LogP contribution in [0.1, 0.15) is 42.6 Å². The lowest BCUT2D eigenvalue weighted by Crippen LogP contribution is -2.52. The van der Waals surface area contributed by atoms with Gasteiger partial charge in [0.25, 0.3) is 5.91 Å². The summed E-state index contributed by atoms with van der Waals surface area (Å²) in [5, 5.41) is 0. The van der Waals surface area contributed by atoms with Gasteiger partial charge < -0.3 is 14.5 Å². The van der Waals surface area contributed by atoms with Gasteiger partial charge in [0.2, 0.25) is 5.95 Å². The maximum atomic E-state index is 14.2. The number of hydrogen-bond donors (Lipinski definition) is 0. The zero-order valence-electron chi connectivity index (χ0n) is 19.4. The van der Waals surface area contributed by atoms with Crippen molar-refractivity contribution in [1.82, 2.24) is 14.9 Å². The first-order valence-corrected chi connectivity index (χ1v) is 11.9. The number of rotatable bonds is 3. The van der Waals surface area contributed by atoms with Gasteiger partial charge in [-0.2, -0.15) is 0 Å². The molecule has 2 atom stereocenters. The molecule has 6 rings (SSSR count). The number of fused-ring (bicyclic) bond motifs is 2. The standard InChI is InChI=1S/C27H27FN4O2/c1-17-14-34-15-18(2)32(17)25(33)19-7-8-22-24(11-19)31(16-27(22)9-10-27)26-29-12-20(13-30-26)21-5-3-4-6-23(21)28/h3-8,11-13,17-18H,9-10,14-16H2,1-2H3. The molecule has 6 nitrogen and oxygen atoms in total. The zero-order chi connectivity index (χ0) is 23.4. The molecule has 2 unspecified atom stereocenters. The molecule has 0 radical (unpaired) electrons.